The first kappa shape index (κ1) is 13.6. The van der Waals surface area contributed by atoms with E-state index in [4.69, 9.17) is 0 Å². The topological polar surface area (TPSA) is 53.2 Å². The quantitative estimate of drug-likeness (QED) is 0.880. The van der Waals surface area contributed by atoms with Gasteiger partial charge in [-0.2, -0.15) is 0 Å². The van der Waals surface area contributed by atoms with Crippen molar-refractivity contribution >= 4 is 11.7 Å². The van der Waals surface area contributed by atoms with Gasteiger partial charge in [-0.25, -0.2) is 0 Å². The number of rotatable bonds is 3. The van der Waals surface area contributed by atoms with Crippen LogP contribution in [0, 0.1) is 0 Å². The summed E-state index contributed by atoms with van der Waals surface area (Å²) in [7, 11) is 1.82. The molecule has 1 aromatic carbocycles. The molecule has 2 aromatic rings. The summed E-state index contributed by atoms with van der Waals surface area (Å²) in [5.74, 6) is -0.122. The van der Waals surface area contributed by atoms with E-state index in [1.165, 1.54) is 18.1 Å². The molecule has 0 saturated carbocycles. The Morgan fingerprint density at radius 1 is 1.29 bits per heavy atom. The number of hydrogen-bond donors (Lipinski definition) is 1. The molecule has 1 aliphatic rings. The number of ketones is 1. The molecule has 0 fully saturated rings. The van der Waals surface area contributed by atoms with Crippen molar-refractivity contribution in [3.63, 3.8) is 0 Å². The maximum absolute atomic E-state index is 12.6. The van der Waals surface area contributed by atoms with Gasteiger partial charge in [-0.1, -0.05) is 24.3 Å². The molecule has 21 heavy (non-hydrogen) atoms. The molecule has 1 N–H and O–H groups in total. The Morgan fingerprint density at radius 2 is 2.05 bits per heavy atom. The zero-order valence-electron chi connectivity index (χ0n) is 12.2. The first-order valence-electron chi connectivity index (χ1n) is 7.12. The summed E-state index contributed by atoms with van der Waals surface area (Å²) in [6, 6.07) is 9.99. The molecule has 0 aliphatic heterocycles. The smallest absolute Gasteiger partial charge is 0.270 e. The van der Waals surface area contributed by atoms with Gasteiger partial charge in [0.1, 0.15) is 5.69 Å². The van der Waals surface area contributed by atoms with Crippen molar-refractivity contribution in [1.29, 1.82) is 0 Å². The molecule has 4 nitrogen and oxygen atoms in total. The summed E-state index contributed by atoms with van der Waals surface area (Å²) in [6.07, 6.45) is 3.54. The van der Waals surface area contributed by atoms with Crippen LogP contribution in [0.5, 0.6) is 0 Å². The van der Waals surface area contributed by atoms with Crippen LogP contribution >= 0.6 is 0 Å². The van der Waals surface area contributed by atoms with E-state index >= 15 is 0 Å². The van der Waals surface area contributed by atoms with Crippen molar-refractivity contribution in [3.8, 4) is 0 Å². The van der Waals surface area contributed by atoms with Gasteiger partial charge in [-0.05, 0) is 37.0 Å². The molecule has 1 aromatic heterocycles. The zero-order valence-corrected chi connectivity index (χ0v) is 12.2. The molecule has 1 amide bonds. The standard InChI is InChI=1S/C17H18N2O2/c1-11(20)13-9-15(18-10-13)17(21)19(2)16-8-7-12-5-3-4-6-14(12)16/h3-6,9-10,16,18H,7-8H2,1-2H3. The van der Waals surface area contributed by atoms with Crippen molar-refractivity contribution in [2.75, 3.05) is 7.05 Å². The number of nitrogens with one attached hydrogen (secondary N) is 1. The number of amides is 1. The predicted octanol–water partition coefficient (Wildman–Crippen LogP) is 2.98. The van der Waals surface area contributed by atoms with Crippen LogP contribution < -0.4 is 0 Å². The molecule has 0 radical (unpaired) electrons. The Hall–Kier alpha value is -2.36. The van der Waals surface area contributed by atoms with Crippen LogP contribution in [-0.4, -0.2) is 28.6 Å². The largest absolute Gasteiger partial charge is 0.356 e. The highest BCUT2D eigenvalue weighted by Crippen LogP contribution is 2.35. The first-order valence-corrected chi connectivity index (χ1v) is 7.12. The number of carbonyl (C=O) groups excluding carboxylic acids is 2. The van der Waals surface area contributed by atoms with Crippen LogP contribution in [0.1, 0.15) is 51.4 Å². The van der Waals surface area contributed by atoms with Crippen LogP contribution in [0.25, 0.3) is 0 Å². The normalized spacial score (nSPS) is 16.6. The average molecular weight is 282 g/mol. The van der Waals surface area contributed by atoms with Gasteiger partial charge in [0, 0.05) is 18.8 Å². The number of H-pyrrole nitrogens is 1. The van der Waals surface area contributed by atoms with Crippen molar-refractivity contribution in [2.45, 2.75) is 25.8 Å². The van der Waals surface area contributed by atoms with Gasteiger partial charge in [-0.3, -0.25) is 9.59 Å². The van der Waals surface area contributed by atoms with Crippen molar-refractivity contribution in [2.24, 2.45) is 0 Å². The van der Waals surface area contributed by atoms with E-state index in [1.54, 1.807) is 17.2 Å². The van der Waals surface area contributed by atoms with E-state index in [2.05, 4.69) is 17.1 Å². The van der Waals surface area contributed by atoms with E-state index < -0.39 is 0 Å². The number of nitrogens with zero attached hydrogens (tertiary/aromatic N) is 1. The second kappa shape index (κ2) is 5.20. The number of carbonyl (C=O) groups is 2. The maximum atomic E-state index is 12.6. The summed E-state index contributed by atoms with van der Waals surface area (Å²) < 4.78 is 0. The number of benzene rings is 1. The highest BCUT2D eigenvalue weighted by atomic mass is 16.2. The molecule has 1 unspecified atom stereocenters. The highest BCUT2D eigenvalue weighted by Gasteiger charge is 2.29. The fourth-order valence-electron chi connectivity index (χ4n) is 2.99. The van der Waals surface area contributed by atoms with E-state index in [0.29, 0.717) is 11.3 Å². The van der Waals surface area contributed by atoms with Gasteiger partial charge < -0.3 is 9.88 Å². The fraction of sp³-hybridized carbons (Fsp3) is 0.294. The van der Waals surface area contributed by atoms with Crippen LogP contribution in [0.2, 0.25) is 0 Å². The number of aromatic nitrogens is 1. The third kappa shape index (κ3) is 2.37. The Kier molecular flexibility index (Phi) is 3.37. The van der Waals surface area contributed by atoms with Gasteiger partial charge in [0.15, 0.2) is 5.78 Å². The maximum Gasteiger partial charge on any atom is 0.270 e. The summed E-state index contributed by atoms with van der Waals surface area (Å²) in [6.45, 7) is 1.49. The lowest BCUT2D eigenvalue weighted by Crippen LogP contribution is -2.30. The fourth-order valence-corrected chi connectivity index (χ4v) is 2.99. The molecular formula is C17H18N2O2. The Labute approximate surface area is 123 Å². The molecule has 0 bridgehead atoms. The van der Waals surface area contributed by atoms with Crippen LogP contribution in [0.4, 0.5) is 0 Å². The van der Waals surface area contributed by atoms with E-state index in [-0.39, 0.29) is 17.7 Å². The third-order valence-corrected chi connectivity index (χ3v) is 4.21. The molecule has 1 aliphatic carbocycles. The van der Waals surface area contributed by atoms with Crippen molar-refractivity contribution < 1.29 is 9.59 Å². The Morgan fingerprint density at radius 3 is 2.76 bits per heavy atom. The summed E-state index contributed by atoms with van der Waals surface area (Å²) in [4.78, 5) is 28.6. The van der Waals surface area contributed by atoms with Crippen molar-refractivity contribution in [1.82, 2.24) is 9.88 Å². The highest BCUT2D eigenvalue weighted by molar-refractivity contribution is 5.99. The number of fused-ring (bicyclic) bond motifs is 1. The number of hydrogen-bond acceptors (Lipinski definition) is 2. The average Bonchev–Trinajstić information content (AvgIpc) is 3.12. The zero-order chi connectivity index (χ0) is 15.0. The van der Waals surface area contributed by atoms with Gasteiger partial charge in [0.05, 0.1) is 6.04 Å². The van der Waals surface area contributed by atoms with Crippen molar-refractivity contribution in [3.05, 3.63) is 58.9 Å². The van der Waals surface area contributed by atoms with E-state index in [9.17, 15) is 9.59 Å². The van der Waals surface area contributed by atoms with Crippen LogP contribution in [0.3, 0.4) is 0 Å². The lowest BCUT2D eigenvalue weighted by atomic mass is 10.1. The number of Topliss-reactive ketones (excluding diaryl/α,β-unsaturated/α-hetero) is 1. The van der Waals surface area contributed by atoms with Gasteiger partial charge in [0.25, 0.3) is 5.91 Å². The second-order valence-corrected chi connectivity index (χ2v) is 5.53. The monoisotopic (exact) mass is 282 g/mol. The Bertz CT molecular complexity index is 702. The van der Waals surface area contributed by atoms with Crippen LogP contribution in [0.15, 0.2) is 36.5 Å². The minimum Gasteiger partial charge on any atom is -0.356 e. The minimum absolute atomic E-state index is 0.0424. The van der Waals surface area contributed by atoms with E-state index in [0.717, 1.165) is 12.8 Å². The summed E-state index contributed by atoms with van der Waals surface area (Å²) >= 11 is 0. The van der Waals surface area contributed by atoms with Crippen LogP contribution in [-0.2, 0) is 6.42 Å². The molecular weight excluding hydrogens is 264 g/mol. The molecule has 0 spiro atoms. The number of aromatic amines is 1. The molecule has 1 atom stereocenters. The minimum atomic E-state index is -0.0794. The van der Waals surface area contributed by atoms with Gasteiger partial charge in [-0.15, -0.1) is 0 Å². The molecule has 0 saturated heterocycles. The predicted molar refractivity (Wildman–Crippen MR) is 80.4 cm³/mol. The summed E-state index contributed by atoms with van der Waals surface area (Å²) in [5, 5.41) is 0. The molecule has 4 heteroatoms. The van der Waals surface area contributed by atoms with Gasteiger partial charge in [0.2, 0.25) is 0 Å². The van der Waals surface area contributed by atoms with E-state index in [1.807, 2.05) is 19.2 Å². The molecule has 108 valence electrons. The SMILES string of the molecule is CC(=O)c1c[nH]c(C(=O)N(C)C2CCc3ccccc32)c1. The first-order chi connectivity index (χ1) is 10.1. The second-order valence-electron chi connectivity index (χ2n) is 5.53. The van der Waals surface area contributed by atoms with Gasteiger partial charge >= 0.3 is 0 Å². The lowest BCUT2D eigenvalue weighted by Gasteiger charge is -2.25. The Balaban J connectivity index is 1.83. The molecule has 3 rings (SSSR count). The number of aryl methyl sites for hydroxylation is 1. The third-order valence-electron chi connectivity index (χ3n) is 4.21. The lowest BCUT2D eigenvalue weighted by molar-refractivity contribution is 0.0725. The summed E-state index contributed by atoms with van der Waals surface area (Å²) in [5.41, 5.74) is 3.55. The molecule has 1 heterocycles.